The van der Waals surface area contributed by atoms with Crippen LogP contribution in [0.4, 0.5) is 0 Å². The van der Waals surface area contributed by atoms with Crippen molar-refractivity contribution in [3.63, 3.8) is 0 Å². The number of oxazole rings is 1. The van der Waals surface area contributed by atoms with E-state index in [9.17, 15) is 38.7 Å². The number of fused-ring (bicyclic) bond motifs is 3. The first-order chi connectivity index (χ1) is 27.3. The molecule has 0 aliphatic carbocycles. The van der Waals surface area contributed by atoms with Gasteiger partial charge in [0.2, 0.25) is 35.4 Å². The van der Waals surface area contributed by atoms with Crippen molar-refractivity contribution in [2.45, 2.75) is 102 Å². The fourth-order valence-electron chi connectivity index (χ4n) is 7.50. The fourth-order valence-corrected chi connectivity index (χ4v) is 7.50. The molecular formula is C40H50N8O9. The van der Waals surface area contributed by atoms with Crippen molar-refractivity contribution in [2.75, 3.05) is 13.1 Å². The van der Waals surface area contributed by atoms with Gasteiger partial charge in [0.25, 0.3) is 0 Å². The molecule has 2 aliphatic rings. The van der Waals surface area contributed by atoms with Gasteiger partial charge < -0.3 is 46.0 Å². The van der Waals surface area contributed by atoms with Crippen molar-refractivity contribution >= 4 is 57.4 Å². The summed E-state index contributed by atoms with van der Waals surface area (Å²) in [6.07, 6.45) is 1.90. The number of amides is 6. The van der Waals surface area contributed by atoms with Gasteiger partial charge in [0.05, 0.1) is 11.6 Å². The van der Waals surface area contributed by atoms with E-state index in [1.165, 1.54) is 11.8 Å². The van der Waals surface area contributed by atoms with Crippen molar-refractivity contribution in [1.82, 2.24) is 41.0 Å². The largest absolute Gasteiger partial charge is 0.420 e. The molecule has 2 aliphatic heterocycles. The molecule has 2 aromatic carbocycles. The number of benzene rings is 2. The van der Waals surface area contributed by atoms with Gasteiger partial charge in [-0.2, -0.15) is 0 Å². The molecule has 0 saturated carbocycles. The molecule has 6 atom stereocenters. The van der Waals surface area contributed by atoms with E-state index in [0.717, 1.165) is 21.0 Å². The summed E-state index contributed by atoms with van der Waals surface area (Å²) in [5.41, 5.74) is 2.24. The molecule has 304 valence electrons. The third-order valence-electron chi connectivity index (χ3n) is 10.4. The fraction of sp³-hybridized carbons (Fsp3) is 0.475. The van der Waals surface area contributed by atoms with Gasteiger partial charge in [0.15, 0.2) is 5.58 Å². The highest BCUT2D eigenvalue weighted by atomic mass is 16.4. The van der Waals surface area contributed by atoms with E-state index < -0.39 is 84.1 Å². The van der Waals surface area contributed by atoms with Crippen LogP contribution in [-0.4, -0.2) is 104 Å². The van der Waals surface area contributed by atoms with Gasteiger partial charge in [-0.05, 0) is 62.3 Å². The Morgan fingerprint density at radius 1 is 0.912 bits per heavy atom. The minimum absolute atomic E-state index is 0.0143. The third-order valence-corrected chi connectivity index (χ3v) is 10.4. The van der Waals surface area contributed by atoms with Gasteiger partial charge in [-0.3, -0.25) is 33.3 Å². The maximum absolute atomic E-state index is 14.2. The lowest BCUT2D eigenvalue weighted by molar-refractivity contribution is -0.142. The van der Waals surface area contributed by atoms with Crippen LogP contribution in [-0.2, 0) is 41.7 Å². The van der Waals surface area contributed by atoms with E-state index in [4.69, 9.17) is 4.42 Å². The highest BCUT2D eigenvalue weighted by Crippen LogP contribution is 2.23. The van der Waals surface area contributed by atoms with Gasteiger partial charge in [-0.25, -0.2) is 4.79 Å². The molecular weight excluding hydrogens is 736 g/mol. The molecule has 57 heavy (non-hydrogen) atoms. The number of aliphatic hydroxyl groups excluding tert-OH is 1. The Morgan fingerprint density at radius 3 is 2.44 bits per heavy atom. The quantitative estimate of drug-likeness (QED) is 0.139. The molecule has 4 heterocycles. The minimum atomic E-state index is -1.21. The minimum Gasteiger partial charge on any atom is -0.408 e. The molecule has 2 saturated heterocycles. The molecule has 6 amide bonds. The zero-order valence-electron chi connectivity index (χ0n) is 32.2. The Kier molecular flexibility index (Phi) is 12.8. The number of nitrogens with zero attached hydrogens (tertiary/aromatic N) is 2. The molecule has 0 unspecified atom stereocenters. The number of hydrogen-bond acceptors (Lipinski definition) is 9. The predicted octanol–water partition coefficient (Wildman–Crippen LogP) is 0.586. The average molecular weight is 787 g/mol. The van der Waals surface area contributed by atoms with Crippen LogP contribution in [0, 0.1) is 5.92 Å². The van der Waals surface area contributed by atoms with Crippen LogP contribution in [0.3, 0.4) is 0 Å². The molecule has 7 N–H and O–H groups in total. The molecule has 17 heteroatoms. The number of H-pyrrole nitrogens is 1. The van der Waals surface area contributed by atoms with Crippen LogP contribution < -0.4 is 32.3 Å². The van der Waals surface area contributed by atoms with Crippen LogP contribution in [0.1, 0.15) is 58.4 Å². The Morgan fingerprint density at radius 2 is 1.65 bits per heavy atom. The molecule has 0 bridgehead atoms. The predicted molar refractivity (Wildman–Crippen MR) is 208 cm³/mol. The number of nitrogens with one attached hydrogen (secondary N) is 6. The second kappa shape index (κ2) is 17.9. The lowest BCUT2D eigenvalue weighted by atomic mass is 10.00. The Hall–Kier alpha value is -5.97. The first kappa shape index (κ1) is 40.7. The maximum Gasteiger partial charge on any atom is 0.420 e. The van der Waals surface area contributed by atoms with E-state index in [0.29, 0.717) is 23.9 Å². The van der Waals surface area contributed by atoms with Crippen LogP contribution in [0.5, 0.6) is 0 Å². The summed E-state index contributed by atoms with van der Waals surface area (Å²) < 4.78 is 6.39. The van der Waals surface area contributed by atoms with Crippen LogP contribution >= 0.6 is 0 Å². The van der Waals surface area contributed by atoms with Crippen molar-refractivity contribution in [3.05, 3.63) is 70.8 Å². The van der Waals surface area contributed by atoms with Crippen LogP contribution in [0.25, 0.3) is 22.0 Å². The number of hydrogen-bond donors (Lipinski definition) is 7. The van der Waals surface area contributed by atoms with Crippen molar-refractivity contribution in [3.8, 4) is 0 Å². The Balaban J connectivity index is 1.27. The number of para-hydroxylation sites is 3. The number of carbonyl (C=O) groups is 6. The van der Waals surface area contributed by atoms with E-state index in [1.54, 1.807) is 30.5 Å². The van der Waals surface area contributed by atoms with Gasteiger partial charge in [0.1, 0.15) is 36.8 Å². The molecule has 4 aromatic rings. The summed E-state index contributed by atoms with van der Waals surface area (Å²) >= 11 is 0. The Labute approximate surface area is 328 Å². The maximum atomic E-state index is 14.2. The van der Waals surface area contributed by atoms with Crippen LogP contribution in [0.15, 0.2) is 63.9 Å². The SMILES string of the molecule is CC(C)C[C@H]1NC(=O)[C@H](Cc2c[nH]c3ccccc23)NC(=O)[C@@H](C)NC(=O)[C@@H](NC(=O)Cn2c(=O)oc3ccccc32)CCCCNC(=O)[C@@H]2C[C@@H](O)CN2C1=O. The lowest BCUT2D eigenvalue weighted by Crippen LogP contribution is -2.59. The summed E-state index contributed by atoms with van der Waals surface area (Å²) in [4.78, 5) is 99.7. The van der Waals surface area contributed by atoms with Gasteiger partial charge in [-0.1, -0.05) is 44.2 Å². The van der Waals surface area contributed by atoms with Crippen molar-refractivity contribution < 1.29 is 38.3 Å². The molecule has 0 spiro atoms. The number of aromatic nitrogens is 2. The van der Waals surface area contributed by atoms with Gasteiger partial charge >= 0.3 is 5.76 Å². The normalized spacial score (nSPS) is 24.6. The molecule has 17 nitrogen and oxygen atoms in total. The molecule has 6 rings (SSSR count). The van der Waals surface area contributed by atoms with E-state index >= 15 is 0 Å². The van der Waals surface area contributed by atoms with Gasteiger partial charge in [-0.15, -0.1) is 0 Å². The molecule has 2 fully saturated rings. The summed E-state index contributed by atoms with van der Waals surface area (Å²) in [6.45, 7) is 4.88. The zero-order valence-corrected chi connectivity index (χ0v) is 32.2. The summed E-state index contributed by atoms with van der Waals surface area (Å²) in [5.74, 6) is -4.44. The lowest BCUT2D eigenvalue weighted by Gasteiger charge is -2.30. The smallest absolute Gasteiger partial charge is 0.408 e. The Bertz CT molecular complexity index is 2190. The number of aliphatic hydroxyl groups is 1. The van der Waals surface area contributed by atoms with Crippen LogP contribution in [0.2, 0.25) is 0 Å². The number of aromatic amines is 1. The second-order valence-corrected chi connectivity index (χ2v) is 15.3. The summed E-state index contributed by atoms with van der Waals surface area (Å²) in [5, 5.41) is 25.2. The molecule has 2 aromatic heterocycles. The standard InChI is InChI=1S/C40H50N8O9/c1-22(2)16-30-39(55)47-20-25(49)18-32(47)38(54)41-15-9-8-12-28(44-34(50)21-48-31-13-6-7-14-33(31)57-40(48)56)36(52)43-23(3)35(51)45-29(37(53)46-30)17-24-19-42-27-11-5-4-10-26(24)27/h4-7,10-11,13-14,19,22-23,25,28-30,32,42,49H,8-9,12,15-18,20-21H2,1-3H3,(H,41,54)(H,43,52)(H,44,50)(H,45,51)(H,46,53)/t23-,25-,28+,29+,30-,32+/m1/s1. The first-order valence-electron chi connectivity index (χ1n) is 19.4. The summed E-state index contributed by atoms with van der Waals surface area (Å²) in [7, 11) is 0. The van der Waals surface area contributed by atoms with E-state index in [2.05, 4.69) is 31.6 Å². The van der Waals surface area contributed by atoms with E-state index in [-0.39, 0.29) is 44.7 Å². The van der Waals surface area contributed by atoms with Crippen molar-refractivity contribution in [2.24, 2.45) is 5.92 Å². The topological polar surface area (TPSA) is 237 Å². The monoisotopic (exact) mass is 786 g/mol. The summed E-state index contributed by atoms with van der Waals surface area (Å²) in [6, 6.07) is 8.51. The first-order valence-corrected chi connectivity index (χ1v) is 19.4. The highest BCUT2D eigenvalue weighted by Gasteiger charge is 2.42. The number of rotatable bonds is 7. The average Bonchev–Trinajstić information content (AvgIpc) is 3.87. The number of carbonyl (C=O) groups excluding carboxylic acids is 6. The second-order valence-electron chi connectivity index (χ2n) is 15.3. The zero-order chi connectivity index (χ0) is 40.8. The third kappa shape index (κ3) is 9.71. The van der Waals surface area contributed by atoms with Crippen molar-refractivity contribution in [1.29, 1.82) is 0 Å². The van der Waals surface area contributed by atoms with Gasteiger partial charge in [0, 0.05) is 43.0 Å². The van der Waals surface area contributed by atoms with E-state index in [1.807, 2.05) is 38.1 Å². The molecule has 0 radical (unpaired) electrons. The highest BCUT2D eigenvalue weighted by molar-refractivity contribution is 5.97.